The molecule has 0 bridgehead atoms. The lowest BCUT2D eigenvalue weighted by atomic mass is 9.94. The van der Waals surface area contributed by atoms with Gasteiger partial charge in [0, 0.05) is 45.1 Å². The average molecular weight is 522 g/mol. The lowest BCUT2D eigenvalue weighted by Gasteiger charge is -2.20. The molecule has 1 saturated heterocycles. The van der Waals surface area contributed by atoms with Gasteiger partial charge < -0.3 is 31.2 Å². The highest BCUT2D eigenvalue weighted by atomic mass is 32.2. The quantitative estimate of drug-likeness (QED) is 0.227. The fourth-order valence-corrected chi connectivity index (χ4v) is 6.26. The Labute approximate surface area is 209 Å². The van der Waals surface area contributed by atoms with Crippen molar-refractivity contribution in [2.45, 2.75) is 49.3 Å². The molecular weight excluding hydrogens is 490 g/mol. The first-order chi connectivity index (χ1) is 17.1. The largest absolute Gasteiger partial charge is 0.480 e. The highest BCUT2D eigenvalue weighted by Gasteiger charge is 2.47. The second-order valence-corrected chi connectivity index (χ2v) is 10.9. The van der Waals surface area contributed by atoms with E-state index in [1.165, 1.54) is 0 Å². The number of nitrogens with zero attached hydrogens (tertiary/aromatic N) is 2. The van der Waals surface area contributed by atoms with Crippen LogP contribution in [0.1, 0.15) is 24.0 Å². The summed E-state index contributed by atoms with van der Waals surface area (Å²) >= 11 is 0. The van der Waals surface area contributed by atoms with Crippen LogP contribution in [0.25, 0.3) is 0 Å². The van der Waals surface area contributed by atoms with Crippen LogP contribution in [0.15, 0.2) is 33.2 Å². The first-order valence-corrected chi connectivity index (χ1v) is 13.2. The van der Waals surface area contributed by atoms with Crippen molar-refractivity contribution in [1.82, 2.24) is 26.0 Å². The topological polar surface area (TPSA) is 183 Å². The molecule has 4 rings (SSSR count). The molecule has 6 N–H and O–H groups in total. The summed E-state index contributed by atoms with van der Waals surface area (Å²) in [5.74, 6) is -1.25. The number of aliphatic carboxylic acids is 1. The molecule has 196 valence electrons. The van der Waals surface area contributed by atoms with E-state index in [4.69, 9.17) is 4.84 Å². The minimum Gasteiger partial charge on any atom is -0.480 e. The SMILES string of the molecule is Cc1cccc(C)c1S(=O)(=O)NC(CNC(=O)C1=NO[C@]2(CNC(CNC3=NCCN3)C2)C1)C(=O)O. The van der Waals surface area contributed by atoms with Crippen LogP contribution < -0.4 is 26.0 Å². The summed E-state index contributed by atoms with van der Waals surface area (Å²) in [5.41, 5.74) is 0.461. The number of aryl methyl sites for hydroxylation is 2. The fraction of sp³-hybridized carbons (Fsp3) is 0.545. The Hall–Kier alpha value is -3.23. The zero-order chi connectivity index (χ0) is 25.9. The van der Waals surface area contributed by atoms with Crippen molar-refractivity contribution >= 4 is 33.6 Å². The van der Waals surface area contributed by atoms with Crippen LogP contribution in [-0.2, 0) is 24.4 Å². The van der Waals surface area contributed by atoms with E-state index in [2.05, 4.69) is 36.1 Å². The summed E-state index contributed by atoms with van der Waals surface area (Å²) in [6, 6.07) is 3.52. The Bertz CT molecular complexity index is 1180. The molecule has 13 nitrogen and oxygen atoms in total. The summed E-state index contributed by atoms with van der Waals surface area (Å²) < 4.78 is 27.9. The van der Waals surface area contributed by atoms with Gasteiger partial charge in [-0.15, -0.1) is 0 Å². The number of carbonyl (C=O) groups is 2. The van der Waals surface area contributed by atoms with Crippen molar-refractivity contribution in [2.24, 2.45) is 10.1 Å². The van der Waals surface area contributed by atoms with Crippen molar-refractivity contribution in [3.8, 4) is 0 Å². The normalized spacial score (nSPS) is 24.0. The second kappa shape index (κ2) is 10.4. The van der Waals surface area contributed by atoms with Crippen LogP contribution in [0.5, 0.6) is 0 Å². The molecule has 1 spiro atoms. The maximum atomic E-state index is 12.9. The van der Waals surface area contributed by atoms with E-state index in [9.17, 15) is 23.1 Å². The molecule has 1 aromatic carbocycles. The number of benzene rings is 1. The molecule has 1 fully saturated rings. The van der Waals surface area contributed by atoms with E-state index in [1.54, 1.807) is 32.0 Å². The molecular formula is C22H31N7O6S. The van der Waals surface area contributed by atoms with Crippen LogP contribution in [0, 0.1) is 13.8 Å². The molecule has 0 radical (unpaired) electrons. The fourth-order valence-electron chi connectivity index (χ4n) is 4.60. The van der Waals surface area contributed by atoms with Gasteiger partial charge in [-0.3, -0.25) is 14.6 Å². The molecule has 36 heavy (non-hydrogen) atoms. The Balaban J connectivity index is 1.30. The van der Waals surface area contributed by atoms with Gasteiger partial charge in [-0.25, -0.2) is 8.42 Å². The van der Waals surface area contributed by atoms with Crippen molar-refractivity contribution in [1.29, 1.82) is 0 Å². The van der Waals surface area contributed by atoms with Crippen LogP contribution in [0.2, 0.25) is 0 Å². The van der Waals surface area contributed by atoms with E-state index >= 15 is 0 Å². The summed E-state index contributed by atoms with van der Waals surface area (Å²) in [5, 5.41) is 25.7. The number of hydrogen-bond acceptors (Lipinski definition) is 10. The first kappa shape index (κ1) is 25.9. The van der Waals surface area contributed by atoms with Gasteiger partial charge in [-0.05, 0) is 25.0 Å². The minimum atomic E-state index is -4.13. The zero-order valence-electron chi connectivity index (χ0n) is 20.1. The van der Waals surface area contributed by atoms with E-state index in [1.807, 2.05) is 0 Å². The molecule has 2 unspecified atom stereocenters. The molecule has 14 heteroatoms. The number of oxime groups is 1. The molecule has 3 aliphatic rings. The number of amides is 1. The number of sulfonamides is 1. The Kier molecular flexibility index (Phi) is 7.47. The third-order valence-corrected chi connectivity index (χ3v) is 8.14. The number of aliphatic imine (C=N–C) groups is 1. The van der Waals surface area contributed by atoms with Crippen molar-refractivity contribution in [3.05, 3.63) is 29.3 Å². The Morgan fingerprint density at radius 1 is 1.31 bits per heavy atom. The molecule has 0 saturated carbocycles. The predicted molar refractivity (Wildman–Crippen MR) is 131 cm³/mol. The second-order valence-electron chi connectivity index (χ2n) is 9.25. The number of hydrogen-bond donors (Lipinski definition) is 6. The molecule has 3 aliphatic heterocycles. The maximum absolute atomic E-state index is 12.9. The van der Waals surface area contributed by atoms with Gasteiger partial charge in [-0.2, -0.15) is 4.72 Å². The molecule has 3 atom stereocenters. The van der Waals surface area contributed by atoms with Gasteiger partial charge in [0.05, 0.1) is 11.4 Å². The summed E-state index contributed by atoms with van der Waals surface area (Å²) in [7, 11) is -4.13. The van der Waals surface area contributed by atoms with Crippen LogP contribution >= 0.6 is 0 Å². The zero-order valence-corrected chi connectivity index (χ0v) is 20.9. The van der Waals surface area contributed by atoms with Gasteiger partial charge in [0.15, 0.2) is 11.6 Å². The van der Waals surface area contributed by atoms with E-state index < -0.39 is 40.1 Å². The minimum absolute atomic E-state index is 0.0200. The third kappa shape index (κ3) is 5.77. The van der Waals surface area contributed by atoms with Gasteiger partial charge in [-0.1, -0.05) is 23.4 Å². The van der Waals surface area contributed by atoms with Gasteiger partial charge >= 0.3 is 5.97 Å². The Morgan fingerprint density at radius 2 is 2.06 bits per heavy atom. The lowest BCUT2D eigenvalue weighted by Crippen LogP contribution is -2.49. The molecule has 0 aromatic heterocycles. The number of carboxylic acids is 1. The number of carbonyl (C=O) groups excluding carboxylic acids is 1. The van der Waals surface area contributed by atoms with Crippen molar-refractivity contribution in [2.75, 3.05) is 32.7 Å². The summed E-state index contributed by atoms with van der Waals surface area (Å²) in [6.07, 6.45) is 0.883. The highest BCUT2D eigenvalue weighted by molar-refractivity contribution is 7.89. The summed E-state index contributed by atoms with van der Waals surface area (Å²) in [4.78, 5) is 34.4. The number of rotatable bonds is 9. The van der Waals surface area contributed by atoms with E-state index in [-0.39, 0.29) is 23.1 Å². The van der Waals surface area contributed by atoms with E-state index in [0.29, 0.717) is 30.6 Å². The summed E-state index contributed by atoms with van der Waals surface area (Å²) in [6.45, 7) is 5.51. The molecule has 1 amide bonds. The maximum Gasteiger partial charge on any atom is 0.323 e. The third-order valence-electron chi connectivity index (χ3n) is 6.36. The van der Waals surface area contributed by atoms with Crippen LogP contribution in [0.4, 0.5) is 0 Å². The number of carboxylic acid groups (broad SMARTS) is 1. The Morgan fingerprint density at radius 3 is 2.72 bits per heavy atom. The van der Waals surface area contributed by atoms with E-state index in [0.717, 1.165) is 19.0 Å². The standard InChI is InChI=1S/C22H31N7O6S/c1-13-4-3-5-14(2)18(13)36(33,34)29-17(20(31)32)11-25-19(30)16-9-22(35-28-16)8-15(27-12-22)10-26-21-23-6-7-24-21/h3-5,15,17,27,29H,6-12H2,1-2H3,(H,25,30)(H,31,32)(H2,23,24,26)/t15?,17?,22-/m0/s1. The monoisotopic (exact) mass is 521 g/mol. The van der Waals surface area contributed by atoms with Gasteiger partial charge in [0.2, 0.25) is 10.0 Å². The number of nitrogens with one attached hydrogen (secondary N) is 5. The number of guanidine groups is 1. The average Bonchev–Trinajstić information content (AvgIpc) is 3.57. The smallest absolute Gasteiger partial charge is 0.323 e. The van der Waals surface area contributed by atoms with Crippen LogP contribution in [-0.4, -0.2) is 87.5 Å². The van der Waals surface area contributed by atoms with Gasteiger partial charge in [0.1, 0.15) is 11.8 Å². The van der Waals surface area contributed by atoms with Crippen LogP contribution in [0.3, 0.4) is 0 Å². The lowest BCUT2D eigenvalue weighted by molar-refractivity contribution is -0.138. The first-order valence-electron chi connectivity index (χ1n) is 11.7. The molecule has 0 aliphatic carbocycles. The van der Waals surface area contributed by atoms with Crippen molar-refractivity contribution < 1.29 is 28.0 Å². The van der Waals surface area contributed by atoms with Crippen molar-refractivity contribution in [3.63, 3.8) is 0 Å². The van der Waals surface area contributed by atoms with Gasteiger partial charge in [0.25, 0.3) is 5.91 Å². The molecule has 1 aromatic rings. The molecule has 3 heterocycles. The highest BCUT2D eigenvalue weighted by Crippen LogP contribution is 2.32. The predicted octanol–water partition coefficient (Wildman–Crippen LogP) is -1.42.